The standard InChI is InChI=1S/C13H12FNO5/c1-6(7(2)12(17)18)11(16)15-10-5-8(13(19)20)3-4-9(10)14/h3-5H,1-2H3,(H,15,16)(H,17,18)(H,19,20). The molecule has 0 saturated carbocycles. The first-order valence-corrected chi connectivity index (χ1v) is 5.49. The van der Waals surface area contributed by atoms with E-state index in [0.717, 1.165) is 18.2 Å². The van der Waals surface area contributed by atoms with Crippen LogP contribution in [0.2, 0.25) is 0 Å². The Bertz CT molecular complexity index is 621. The van der Waals surface area contributed by atoms with Crippen molar-refractivity contribution in [2.75, 3.05) is 5.32 Å². The predicted molar refractivity (Wildman–Crippen MR) is 68.0 cm³/mol. The second-order valence-corrected chi connectivity index (χ2v) is 4.01. The first-order chi connectivity index (χ1) is 9.23. The van der Waals surface area contributed by atoms with Gasteiger partial charge in [-0.05, 0) is 32.0 Å². The maximum atomic E-state index is 13.5. The summed E-state index contributed by atoms with van der Waals surface area (Å²) < 4.78 is 13.5. The van der Waals surface area contributed by atoms with Crippen LogP contribution in [0.4, 0.5) is 10.1 Å². The number of hydrogen-bond acceptors (Lipinski definition) is 3. The third kappa shape index (κ3) is 3.41. The molecule has 1 aromatic rings. The number of aromatic carboxylic acids is 1. The van der Waals surface area contributed by atoms with E-state index in [1.54, 1.807) is 0 Å². The van der Waals surface area contributed by atoms with E-state index in [0.29, 0.717) is 0 Å². The van der Waals surface area contributed by atoms with Crippen LogP contribution in [0.15, 0.2) is 29.3 Å². The van der Waals surface area contributed by atoms with Crippen molar-refractivity contribution >= 4 is 23.5 Å². The van der Waals surface area contributed by atoms with Gasteiger partial charge in [0.25, 0.3) is 5.91 Å². The van der Waals surface area contributed by atoms with Crippen LogP contribution >= 0.6 is 0 Å². The number of carbonyl (C=O) groups is 3. The van der Waals surface area contributed by atoms with Gasteiger partial charge in [0.1, 0.15) is 5.82 Å². The van der Waals surface area contributed by atoms with Gasteiger partial charge in [-0.25, -0.2) is 14.0 Å². The molecule has 0 radical (unpaired) electrons. The molecule has 0 aliphatic carbocycles. The number of benzene rings is 1. The van der Waals surface area contributed by atoms with Crippen molar-refractivity contribution in [2.24, 2.45) is 0 Å². The minimum Gasteiger partial charge on any atom is -0.478 e. The van der Waals surface area contributed by atoms with E-state index in [9.17, 15) is 18.8 Å². The lowest BCUT2D eigenvalue weighted by Crippen LogP contribution is -2.17. The van der Waals surface area contributed by atoms with Crippen LogP contribution in [0.1, 0.15) is 24.2 Å². The minimum atomic E-state index is -1.27. The number of amides is 1. The lowest BCUT2D eigenvalue weighted by Gasteiger charge is -2.08. The quantitative estimate of drug-likeness (QED) is 0.731. The molecule has 1 rings (SSSR count). The summed E-state index contributed by atoms with van der Waals surface area (Å²) in [6.45, 7) is 2.51. The second-order valence-electron chi connectivity index (χ2n) is 4.01. The molecule has 0 atom stereocenters. The maximum absolute atomic E-state index is 13.5. The topological polar surface area (TPSA) is 104 Å². The highest BCUT2D eigenvalue weighted by atomic mass is 19.1. The number of halogens is 1. The zero-order chi connectivity index (χ0) is 15.4. The van der Waals surface area contributed by atoms with Crippen LogP contribution in [0.5, 0.6) is 0 Å². The van der Waals surface area contributed by atoms with Crippen molar-refractivity contribution in [2.45, 2.75) is 13.8 Å². The summed E-state index contributed by atoms with van der Waals surface area (Å²) in [5, 5.41) is 19.7. The molecule has 6 nitrogen and oxygen atoms in total. The van der Waals surface area contributed by atoms with Crippen molar-refractivity contribution in [3.8, 4) is 0 Å². The van der Waals surface area contributed by atoms with E-state index in [1.807, 2.05) is 0 Å². The Morgan fingerprint density at radius 1 is 1.10 bits per heavy atom. The molecular weight excluding hydrogens is 269 g/mol. The van der Waals surface area contributed by atoms with Gasteiger partial charge in [-0.15, -0.1) is 0 Å². The van der Waals surface area contributed by atoms with Gasteiger partial charge in [-0.3, -0.25) is 4.79 Å². The molecule has 0 aromatic heterocycles. The summed E-state index contributed by atoms with van der Waals surface area (Å²) in [6, 6.07) is 2.92. The van der Waals surface area contributed by atoms with Crippen molar-refractivity contribution in [3.63, 3.8) is 0 Å². The maximum Gasteiger partial charge on any atom is 0.335 e. The van der Waals surface area contributed by atoms with Gasteiger partial charge in [-0.2, -0.15) is 0 Å². The molecule has 0 spiro atoms. The SMILES string of the molecule is CC(C(=O)O)=C(C)C(=O)Nc1cc(C(=O)O)ccc1F. The number of nitrogens with one attached hydrogen (secondary N) is 1. The Labute approximate surface area is 113 Å². The van der Waals surface area contributed by atoms with Crippen LogP contribution in [0, 0.1) is 5.82 Å². The fourth-order valence-corrected chi connectivity index (χ4v) is 1.30. The number of anilines is 1. The van der Waals surface area contributed by atoms with Crippen LogP contribution in [0.3, 0.4) is 0 Å². The van der Waals surface area contributed by atoms with Crippen molar-refractivity contribution in [3.05, 3.63) is 40.7 Å². The Morgan fingerprint density at radius 2 is 1.70 bits per heavy atom. The number of carbonyl (C=O) groups excluding carboxylic acids is 1. The second kappa shape index (κ2) is 5.96. The Balaban J connectivity index is 3.08. The third-order valence-corrected chi connectivity index (χ3v) is 2.69. The van der Waals surface area contributed by atoms with Gasteiger partial charge in [0.05, 0.1) is 11.3 Å². The number of rotatable bonds is 4. The van der Waals surface area contributed by atoms with Crippen LogP contribution in [0.25, 0.3) is 0 Å². The molecule has 0 heterocycles. The molecule has 7 heteroatoms. The molecule has 0 aliphatic heterocycles. The first kappa shape index (κ1) is 15.4. The Hall–Kier alpha value is -2.70. The number of carboxylic acid groups (broad SMARTS) is 2. The van der Waals surface area contributed by atoms with Gasteiger partial charge in [-0.1, -0.05) is 0 Å². The summed E-state index contributed by atoms with van der Waals surface area (Å²) >= 11 is 0. The highest BCUT2D eigenvalue weighted by Crippen LogP contribution is 2.17. The summed E-state index contributed by atoms with van der Waals surface area (Å²) in [6.07, 6.45) is 0. The monoisotopic (exact) mass is 281 g/mol. The van der Waals surface area contributed by atoms with Crippen molar-refractivity contribution < 1.29 is 29.0 Å². The average molecular weight is 281 g/mol. The Morgan fingerprint density at radius 3 is 2.20 bits per heavy atom. The van der Waals surface area contributed by atoms with E-state index in [2.05, 4.69) is 5.32 Å². The highest BCUT2D eigenvalue weighted by molar-refractivity contribution is 6.08. The molecule has 1 amide bonds. The average Bonchev–Trinajstić information content (AvgIpc) is 2.38. The molecule has 1 aromatic carbocycles. The molecule has 0 saturated heterocycles. The van der Waals surface area contributed by atoms with Crippen molar-refractivity contribution in [1.29, 1.82) is 0 Å². The zero-order valence-electron chi connectivity index (χ0n) is 10.7. The summed E-state index contributed by atoms with van der Waals surface area (Å²) in [5.41, 5.74) is -0.805. The van der Waals surface area contributed by atoms with Gasteiger partial charge < -0.3 is 15.5 Å². The van der Waals surface area contributed by atoms with Crippen molar-refractivity contribution in [1.82, 2.24) is 0 Å². The predicted octanol–water partition coefficient (Wildman–Crippen LogP) is 1.88. The van der Waals surface area contributed by atoms with Crippen LogP contribution in [-0.4, -0.2) is 28.1 Å². The molecule has 20 heavy (non-hydrogen) atoms. The number of aliphatic carboxylic acids is 1. The molecule has 0 aliphatic rings. The highest BCUT2D eigenvalue weighted by Gasteiger charge is 2.15. The van der Waals surface area contributed by atoms with Gasteiger partial charge >= 0.3 is 11.9 Å². The number of carboxylic acids is 2. The van der Waals surface area contributed by atoms with Gasteiger partial charge in [0.15, 0.2) is 0 Å². The summed E-state index contributed by atoms with van der Waals surface area (Å²) in [4.78, 5) is 33.2. The normalized spacial score (nSPS) is 11.6. The van der Waals surface area contributed by atoms with Gasteiger partial charge in [0, 0.05) is 11.1 Å². The molecule has 0 unspecified atom stereocenters. The summed E-state index contributed by atoms with van der Waals surface area (Å²) in [7, 11) is 0. The minimum absolute atomic E-state index is 0.0994. The van der Waals surface area contributed by atoms with Gasteiger partial charge in [0.2, 0.25) is 0 Å². The first-order valence-electron chi connectivity index (χ1n) is 5.49. The Kier molecular flexibility index (Phi) is 4.58. The lowest BCUT2D eigenvalue weighted by atomic mass is 10.1. The zero-order valence-corrected chi connectivity index (χ0v) is 10.7. The number of hydrogen-bond donors (Lipinski definition) is 3. The lowest BCUT2D eigenvalue weighted by molar-refractivity contribution is -0.133. The molecule has 0 bridgehead atoms. The van der Waals surface area contributed by atoms with E-state index in [1.165, 1.54) is 13.8 Å². The summed E-state index contributed by atoms with van der Waals surface area (Å²) in [5.74, 6) is -4.16. The molecule has 0 fully saturated rings. The van der Waals surface area contributed by atoms with E-state index < -0.39 is 23.7 Å². The van der Waals surface area contributed by atoms with Crippen LogP contribution < -0.4 is 5.32 Å². The smallest absolute Gasteiger partial charge is 0.335 e. The largest absolute Gasteiger partial charge is 0.478 e. The fourth-order valence-electron chi connectivity index (χ4n) is 1.30. The van der Waals surface area contributed by atoms with E-state index in [4.69, 9.17) is 10.2 Å². The molecular formula is C13H12FNO5. The van der Waals surface area contributed by atoms with E-state index >= 15 is 0 Å². The fraction of sp³-hybridized carbons (Fsp3) is 0.154. The van der Waals surface area contributed by atoms with Crippen LogP contribution in [-0.2, 0) is 9.59 Å². The third-order valence-electron chi connectivity index (χ3n) is 2.69. The van der Waals surface area contributed by atoms with E-state index in [-0.39, 0.29) is 22.4 Å². The molecule has 3 N–H and O–H groups in total. The molecule has 106 valence electrons.